The van der Waals surface area contributed by atoms with Crippen LogP contribution in [0.4, 0.5) is 5.13 Å². The van der Waals surface area contributed by atoms with E-state index in [0.717, 1.165) is 42.6 Å². The molecule has 1 aliphatic heterocycles. The van der Waals surface area contributed by atoms with E-state index in [2.05, 4.69) is 16.9 Å². The van der Waals surface area contributed by atoms with Gasteiger partial charge < -0.3 is 9.64 Å². The van der Waals surface area contributed by atoms with Crippen molar-refractivity contribution in [3.05, 3.63) is 10.0 Å². The predicted octanol–water partition coefficient (Wildman–Crippen LogP) is 3.40. The summed E-state index contributed by atoms with van der Waals surface area (Å²) in [7, 11) is 2.06. The van der Waals surface area contributed by atoms with Crippen molar-refractivity contribution in [1.29, 1.82) is 0 Å². The van der Waals surface area contributed by atoms with Crippen LogP contribution in [0.5, 0.6) is 0 Å². The Balaban J connectivity index is 1.95. The normalized spacial score (nSPS) is 17.4. The van der Waals surface area contributed by atoms with Crippen molar-refractivity contribution in [3.63, 3.8) is 0 Å². The standard InChI is InChI=1S/C11H16Cl2N2OS/c1-15(7-8-2-4-16-5-3-8)11-14-10(13)9(6-12)17-11/h8H,2-7H2,1H3. The maximum absolute atomic E-state index is 6.00. The summed E-state index contributed by atoms with van der Waals surface area (Å²) in [6, 6.07) is 0. The summed E-state index contributed by atoms with van der Waals surface area (Å²) in [5, 5.41) is 1.50. The van der Waals surface area contributed by atoms with Crippen LogP contribution >= 0.6 is 34.5 Å². The number of rotatable bonds is 4. The van der Waals surface area contributed by atoms with Crippen molar-refractivity contribution in [2.75, 3.05) is 31.7 Å². The molecule has 0 aromatic carbocycles. The van der Waals surface area contributed by atoms with Gasteiger partial charge in [0.2, 0.25) is 0 Å². The number of hydrogen-bond acceptors (Lipinski definition) is 4. The van der Waals surface area contributed by atoms with E-state index in [4.69, 9.17) is 27.9 Å². The first-order valence-corrected chi connectivity index (χ1v) is 7.43. The van der Waals surface area contributed by atoms with Crippen LogP contribution in [0.3, 0.4) is 0 Å². The highest BCUT2D eigenvalue weighted by molar-refractivity contribution is 7.16. The van der Waals surface area contributed by atoms with Gasteiger partial charge in [-0.1, -0.05) is 22.9 Å². The van der Waals surface area contributed by atoms with Crippen molar-refractivity contribution >= 4 is 39.7 Å². The Morgan fingerprint density at radius 1 is 1.47 bits per heavy atom. The second-order valence-corrected chi connectivity index (χ2v) is 5.97. The fraction of sp³-hybridized carbons (Fsp3) is 0.727. The van der Waals surface area contributed by atoms with Gasteiger partial charge in [0.25, 0.3) is 0 Å². The van der Waals surface area contributed by atoms with Crippen LogP contribution in [-0.4, -0.2) is 31.8 Å². The first-order valence-electron chi connectivity index (χ1n) is 5.70. The van der Waals surface area contributed by atoms with Crippen molar-refractivity contribution in [2.24, 2.45) is 5.92 Å². The van der Waals surface area contributed by atoms with Gasteiger partial charge in [-0.15, -0.1) is 11.6 Å². The van der Waals surface area contributed by atoms with E-state index < -0.39 is 0 Å². The molecule has 17 heavy (non-hydrogen) atoms. The van der Waals surface area contributed by atoms with Gasteiger partial charge in [0.05, 0.1) is 10.8 Å². The predicted molar refractivity (Wildman–Crippen MR) is 73.5 cm³/mol. The molecule has 0 saturated carbocycles. The highest BCUT2D eigenvalue weighted by atomic mass is 35.5. The van der Waals surface area contributed by atoms with Crippen molar-refractivity contribution in [3.8, 4) is 0 Å². The molecule has 2 rings (SSSR count). The molecule has 1 aliphatic rings. The molecular weight excluding hydrogens is 279 g/mol. The lowest BCUT2D eigenvalue weighted by molar-refractivity contribution is 0.0685. The van der Waals surface area contributed by atoms with Crippen LogP contribution < -0.4 is 4.90 Å². The summed E-state index contributed by atoms with van der Waals surface area (Å²) >= 11 is 13.4. The fourth-order valence-corrected chi connectivity index (χ4v) is 3.40. The summed E-state index contributed by atoms with van der Waals surface area (Å²) < 4.78 is 5.36. The zero-order chi connectivity index (χ0) is 12.3. The van der Waals surface area contributed by atoms with Gasteiger partial charge in [0.1, 0.15) is 5.15 Å². The lowest BCUT2D eigenvalue weighted by Gasteiger charge is -2.26. The number of nitrogens with zero attached hydrogens (tertiary/aromatic N) is 2. The average Bonchev–Trinajstić information content (AvgIpc) is 2.72. The maximum Gasteiger partial charge on any atom is 0.186 e. The molecule has 0 aliphatic carbocycles. The summed E-state index contributed by atoms with van der Waals surface area (Å²) in [5.74, 6) is 1.12. The quantitative estimate of drug-likeness (QED) is 0.796. The Hall–Kier alpha value is -0.0300. The van der Waals surface area contributed by atoms with Gasteiger partial charge in [-0.3, -0.25) is 0 Å². The van der Waals surface area contributed by atoms with E-state index in [-0.39, 0.29) is 0 Å². The number of halogens is 2. The highest BCUT2D eigenvalue weighted by Gasteiger charge is 2.18. The Morgan fingerprint density at radius 2 is 2.18 bits per heavy atom. The molecule has 0 atom stereocenters. The first kappa shape index (κ1) is 13.4. The first-order chi connectivity index (χ1) is 8.20. The smallest absolute Gasteiger partial charge is 0.186 e. The molecule has 0 unspecified atom stereocenters. The number of thiazole rings is 1. The van der Waals surface area contributed by atoms with E-state index in [1.807, 2.05) is 0 Å². The SMILES string of the molecule is CN(CC1CCOCC1)c1nc(Cl)c(CCl)s1. The van der Waals surface area contributed by atoms with E-state index in [9.17, 15) is 0 Å². The molecule has 0 N–H and O–H groups in total. The van der Waals surface area contributed by atoms with E-state index >= 15 is 0 Å². The molecule has 1 fully saturated rings. The van der Waals surface area contributed by atoms with Crippen molar-refractivity contribution < 1.29 is 4.74 Å². The van der Waals surface area contributed by atoms with Crippen LogP contribution in [0.25, 0.3) is 0 Å². The zero-order valence-electron chi connectivity index (χ0n) is 9.79. The fourth-order valence-electron chi connectivity index (χ4n) is 1.96. The van der Waals surface area contributed by atoms with E-state index in [1.165, 1.54) is 0 Å². The number of anilines is 1. The molecule has 96 valence electrons. The Bertz CT molecular complexity index is 366. The lowest BCUT2D eigenvalue weighted by atomic mass is 10.0. The van der Waals surface area contributed by atoms with E-state index in [0.29, 0.717) is 17.0 Å². The zero-order valence-corrected chi connectivity index (χ0v) is 12.1. The molecule has 2 heterocycles. The van der Waals surface area contributed by atoms with Crippen molar-refractivity contribution in [1.82, 2.24) is 4.98 Å². The third-order valence-corrected chi connectivity index (χ3v) is 4.98. The average molecular weight is 295 g/mol. The minimum atomic E-state index is 0.432. The molecule has 1 aromatic rings. The second kappa shape index (κ2) is 6.23. The Kier molecular flexibility index (Phi) is 4.91. The van der Waals surface area contributed by atoms with E-state index in [1.54, 1.807) is 11.3 Å². The molecule has 6 heteroatoms. The Labute approximate surface area is 116 Å². The molecule has 1 saturated heterocycles. The molecule has 0 bridgehead atoms. The Morgan fingerprint density at radius 3 is 2.76 bits per heavy atom. The lowest BCUT2D eigenvalue weighted by Crippen LogP contribution is -2.29. The summed E-state index contributed by atoms with van der Waals surface area (Å²) in [6.45, 7) is 2.77. The van der Waals surface area contributed by atoms with Gasteiger partial charge >= 0.3 is 0 Å². The largest absolute Gasteiger partial charge is 0.381 e. The van der Waals surface area contributed by atoms with Gasteiger partial charge in [-0.25, -0.2) is 4.98 Å². The monoisotopic (exact) mass is 294 g/mol. The van der Waals surface area contributed by atoms with Crippen LogP contribution in [0.15, 0.2) is 0 Å². The minimum absolute atomic E-state index is 0.432. The summed E-state index contributed by atoms with van der Waals surface area (Å²) in [4.78, 5) is 7.46. The number of aromatic nitrogens is 1. The number of ether oxygens (including phenoxy) is 1. The molecule has 0 spiro atoms. The van der Waals surface area contributed by atoms with Crippen molar-refractivity contribution in [2.45, 2.75) is 18.7 Å². The summed E-state index contributed by atoms with van der Waals surface area (Å²) in [6.07, 6.45) is 2.26. The van der Waals surface area contributed by atoms with Crippen LogP contribution in [0, 0.1) is 5.92 Å². The minimum Gasteiger partial charge on any atom is -0.381 e. The highest BCUT2D eigenvalue weighted by Crippen LogP contribution is 2.31. The molecule has 0 amide bonds. The molecule has 1 aromatic heterocycles. The van der Waals surface area contributed by atoms with Crippen LogP contribution in [-0.2, 0) is 10.6 Å². The second-order valence-electron chi connectivity index (χ2n) is 4.28. The van der Waals surface area contributed by atoms with Crippen LogP contribution in [0.1, 0.15) is 17.7 Å². The topological polar surface area (TPSA) is 25.4 Å². The van der Waals surface area contributed by atoms with Gasteiger partial charge in [-0.05, 0) is 18.8 Å². The van der Waals surface area contributed by atoms with Crippen LogP contribution in [0.2, 0.25) is 5.15 Å². The maximum atomic E-state index is 6.00. The van der Waals surface area contributed by atoms with Gasteiger partial charge in [0.15, 0.2) is 5.13 Å². The molecule has 3 nitrogen and oxygen atoms in total. The number of hydrogen-bond donors (Lipinski definition) is 0. The number of alkyl halides is 1. The third-order valence-electron chi connectivity index (χ3n) is 2.96. The molecular formula is C11H16Cl2N2OS. The van der Waals surface area contributed by atoms with Gasteiger partial charge in [0, 0.05) is 26.8 Å². The van der Waals surface area contributed by atoms with Gasteiger partial charge in [-0.2, -0.15) is 0 Å². The molecule has 0 radical (unpaired) electrons. The summed E-state index contributed by atoms with van der Waals surface area (Å²) in [5.41, 5.74) is 0. The third kappa shape index (κ3) is 3.47.